The van der Waals surface area contributed by atoms with Crippen molar-refractivity contribution in [3.63, 3.8) is 0 Å². The Bertz CT molecular complexity index is 1950. The van der Waals surface area contributed by atoms with Gasteiger partial charge >= 0.3 is 0 Å². The molecule has 2 nitrogen and oxygen atoms in total. The van der Waals surface area contributed by atoms with E-state index in [9.17, 15) is 0 Å². The van der Waals surface area contributed by atoms with E-state index in [2.05, 4.69) is 115 Å². The molecular weight excluding hydrogens is 444 g/mol. The van der Waals surface area contributed by atoms with Crippen molar-refractivity contribution < 1.29 is 0 Å². The van der Waals surface area contributed by atoms with E-state index < -0.39 is 0 Å². The summed E-state index contributed by atoms with van der Waals surface area (Å²) in [5, 5.41) is 6.26. The first-order valence-corrected chi connectivity index (χ1v) is 12.9. The topological polar surface area (TPSA) is 17.8 Å². The summed E-state index contributed by atoms with van der Waals surface area (Å²) in [7, 11) is 0. The average molecular weight is 467 g/mol. The monoisotopic (exact) mass is 466 g/mol. The van der Waals surface area contributed by atoms with Crippen LogP contribution in [-0.2, 0) is 5.41 Å². The van der Waals surface area contributed by atoms with Gasteiger partial charge in [-0.15, -0.1) is 0 Å². The lowest BCUT2D eigenvalue weighted by Gasteiger charge is -2.21. The van der Waals surface area contributed by atoms with E-state index in [1.54, 1.807) is 11.3 Å². The van der Waals surface area contributed by atoms with Gasteiger partial charge in [0.1, 0.15) is 0 Å². The second-order valence-electron chi connectivity index (χ2n) is 10.0. The Balaban J connectivity index is 1.59. The number of rotatable bonds is 1. The maximum atomic E-state index is 5.05. The summed E-state index contributed by atoms with van der Waals surface area (Å²) in [6.45, 7) is 4.71. The van der Waals surface area contributed by atoms with Gasteiger partial charge in [-0.05, 0) is 57.3 Å². The van der Waals surface area contributed by atoms with E-state index in [4.69, 9.17) is 4.98 Å². The fourth-order valence-electron chi connectivity index (χ4n) is 6.23. The quantitative estimate of drug-likeness (QED) is 0.236. The molecule has 0 saturated heterocycles. The maximum absolute atomic E-state index is 5.05. The molecule has 7 aromatic rings. The molecule has 2 heterocycles. The van der Waals surface area contributed by atoms with Gasteiger partial charge in [0, 0.05) is 16.2 Å². The van der Waals surface area contributed by atoms with Crippen LogP contribution in [0.25, 0.3) is 59.1 Å². The van der Waals surface area contributed by atoms with Crippen molar-refractivity contribution in [3.05, 3.63) is 108 Å². The van der Waals surface area contributed by atoms with Crippen molar-refractivity contribution >= 4 is 54.1 Å². The molecule has 8 rings (SSSR count). The van der Waals surface area contributed by atoms with Crippen LogP contribution in [0, 0.1) is 0 Å². The molecule has 2 aromatic heterocycles. The summed E-state index contributed by atoms with van der Waals surface area (Å²) in [5.74, 6) is 0. The molecule has 0 atom stereocenters. The van der Waals surface area contributed by atoms with Gasteiger partial charge in [0.15, 0.2) is 5.13 Å². The molecule has 3 heteroatoms. The van der Waals surface area contributed by atoms with Crippen LogP contribution in [0.4, 0.5) is 0 Å². The number of hydrogen-bond acceptors (Lipinski definition) is 2. The van der Waals surface area contributed by atoms with Crippen molar-refractivity contribution in [2.45, 2.75) is 19.3 Å². The van der Waals surface area contributed by atoms with Crippen molar-refractivity contribution in [1.82, 2.24) is 9.55 Å². The lowest BCUT2D eigenvalue weighted by molar-refractivity contribution is 0.661. The van der Waals surface area contributed by atoms with Crippen molar-refractivity contribution in [2.24, 2.45) is 0 Å². The maximum Gasteiger partial charge on any atom is 0.195 e. The molecule has 0 saturated carbocycles. The summed E-state index contributed by atoms with van der Waals surface area (Å²) in [4.78, 5) is 5.05. The molecule has 0 radical (unpaired) electrons. The van der Waals surface area contributed by atoms with E-state index in [1.165, 1.54) is 59.5 Å². The van der Waals surface area contributed by atoms with Gasteiger partial charge in [0.25, 0.3) is 0 Å². The molecule has 1 aliphatic carbocycles. The standard InChI is InChI=1S/C32H22N2S/c1-32(2)22-11-5-3-9-20(22)29-23(32)17-15-19-16-18-26-30(28(19)29)21-10-4-7-13-25(21)34(26)31-33-24-12-6-8-14-27(24)35-31/h3-18H,1-2H3. The Morgan fingerprint density at radius 2 is 1.46 bits per heavy atom. The van der Waals surface area contributed by atoms with E-state index in [-0.39, 0.29) is 5.41 Å². The molecule has 0 amide bonds. The van der Waals surface area contributed by atoms with Crippen LogP contribution >= 0.6 is 11.3 Å². The minimum atomic E-state index is -0.0202. The Morgan fingerprint density at radius 1 is 0.686 bits per heavy atom. The van der Waals surface area contributed by atoms with Gasteiger partial charge in [0.05, 0.1) is 21.3 Å². The third-order valence-electron chi connectivity index (χ3n) is 7.84. The number of benzene rings is 5. The summed E-state index contributed by atoms with van der Waals surface area (Å²) in [5.41, 5.74) is 9.03. The molecule has 0 fully saturated rings. The first-order chi connectivity index (χ1) is 17.1. The summed E-state index contributed by atoms with van der Waals surface area (Å²) in [6.07, 6.45) is 0. The molecule has 0 aliphatic heterocycles. The van der Waals surface area contributed by atoms with Gasteiger partial charge in [-0.1, -0.05) is 98.0 Å². The molecule has 5 aromatic carbocycles. The molecular formula is C32H22N2S. The van der Waals surface area contributed by atoms with Crippen LogP contribution < -0.4 is 0 Å². The predicted octanol–water partition coefficient (Wildman–Crippen LogP) is 8.85. The first kappa shape index (κ1) is 19.4. The number of fused-ring (bicyclic) bond motifs is 10. The third kappa shape index (κ3) is 2.41. The van der Waals surface area contributed by atoms with Gasteiger partial charge in [-0.2, -0.15) is 0 Å². The van der Waals surface area contributed by atoms with E-state index >= 15 is 0 Å². The fraction of sp³-hybridized carbons (Fsp3) is 0.0938. The number of para-hydroxylation sites is 2. The van der Waals surface area contributed by atoms with Gasteiger partial charge in [0.2, 0.25) is 0 Å². The molecule has 0 bridgehead atoms. The van der Waals surface area contributed by atoms with Gasteiger partial charge in [-0.25, -0.2) is 4.98 Å². The van der Waals surface area contributed by atoms with E-state index in [1.807, 2.05) is 0 Å². The molecule has 166 valence electrons. The Labute approximate surface area is 207 Å². The van der Waals surface area contributed by atoms with Crippen LogP contribution in [0.1, 0.15) is 25.0 Å². The molecule has 0 N–H and O–H groups in total. The molecule has 1 aliphatic rings. The van der Waals surface area contributed by atoms with Crippen molar-refractivity contribution in [1.29, 1.82) is 0 Å². The van der Waals surface area contributed by atoms with Gasteiger partial charge < -0.3 is 0 Å². The highest BCUT2D eigenvalue weighted by Gasteiger charge is 2.36. The summed E-state index contributed by atoms with van der Waals surface area (Å²) < 4.78 is 3.57. The predicted molar refractivity (Wildman–Crippen MR) is 149 cm³/mol. The van der Waals surface area contributed by atoms with E-state index in [0.717, 1.165) is 10.6 Å². The second kappa shape index (κ2) is 6.59. The van der Waals surface area contributed by atoms with Crippen molar-refractivity contribution in [3.8, 4) is 16.3 Å². The minimum Gasteiger partial charge on any atom is -0.285 e. The number of nitrogens with zero attached hydrogens (tertiary/aromatic N) is 2. The van der Waals surface area contributed by atoms with Crippen LogP contribution in [0.15, 0.2) is 97.1 Å². The number of hydrogen-bond donors (Lipinski definition) is 0. The minimum absolute atomic E-state index is 0.0202. The summed E-state index contributed by atoms with van der Waals surface area (Å²) in [6, 6.07) is 35.4. The largest absolute Gasteiger partial charge is 0.285 e. The fourth-order valence-corrected chi connectivity index (χ4v) is 7.22. The third-order valence-corrected chi connectivity index (χ3v) is 8.86. The Kier molecular flexibility index (Phi) is 3.64. The van der Waals surface area contributed by atoms with Gasteiger partial charge in [-0.3, -0.25) is 4.57 Å². The highest BCUT2D eigenvalue weighted by molar-refractivity contribution is 7.20. The highest BCUT2D eigenvalue weighted by Crippen LogP contribution is 2.53. The normalized spacial score (nSPS) is 14.2. The second-order valence-corrected chi connectivity index (χ2v) is 11.0. The smallest absolute Gasteiger partial charge is 0.195 e. The average Bonchev–Trinajstić information content (AvgIpc) is 3.52. The Hall–Kier alpha value is -3.95. The van der Waals surface area contributed by atoms with Crippen molar-refractivity contribution in [2.75, 3.05) is 0 Å². The van der Waals surface area contributed by atoms with Crippen LogP contribution in [0.5, 0.6) is 0 Å². The summed E-state index contributed by atoms with van der Waals surface area (Å²) >= 11 is 1.76. The Morgan fingerprint density at radius 3 is 2.37 bits per heavy atom. The lowest BCUT2D eigenvalue weighted by Crippen LogP contribution is -2.14. The van der Waals surface area contributed by atoms with Crippen LogP contribution in [0.2, 0.25) is 0 Å². The first-order valence-electron chi connectivity index (χ1n) is 12.1. The van der Waals surface area contributed by atoms with E-state index in [0.29, 0.717) is 0 Å². The number of thiazole rings is 1. The highest BCUT2D eigenvalue weighted by atomic mass is 32.1. The van der Waals surface area contributed by atoms with Crippen LogP contribution in [0.3, 0.4) is 0 Å². The molecule has 0 unspecified atom stereocenters. The van der Waals surface area contributed by atoms with Crippen LogP contribution in [-0.4, -0.2) is 9.55 Å². The SMILES string of the molecule is CC1(C)c2ccccc2-c2c1ccc1ccc3c(c4ccccc4n3-c3nc4ccccc4s3)c21. The molecule has 35 heavy (non-hydrogen) atoms. The lowest BCUT2D eigenvalue weighted by atomic mass is 9.82. The number of aromatic nitrogens is 2. The zero-order valence-electron chi connectivity index (χ0n) is 19.5. The molecule has 0 spiro atoms. The zero-order chi connectivity index (χ0) is 23.3. The zero-order valence-corrected chi connectivity index (χ0v) is 20.4.